The lowest BCUT2D eigenvalue weighted by Crippen LogP contribution is -2.49. The van der Waals surface area contributed by atoms with E-state index >= 15 is 0 Å². The third-order valence-corrected chi connectivity index (χ3v) is 5.10. The number of aliphatic hydroxyl groups is 1. The zero-order valence-corrected chi connectivity index (χ0v) is 13.2. The summed E-state index contributed by atoms with van der Waals surface area (Å²) in [5, 5.41) is 16.0. The molecule has 2 rings (SSSR count). The van der Waals surface area contributed by atoms with Gasteiger partial charge in [-0.25, -0.2) is 4.79 Å². The van der Waals surface area contributed by atoms with Crippen LogP contribution in [0.2, 0.25) is 0 Å². The van der Waals surface area contributed by atoms with Crippen LogP contribution in [0, 0.1) is 11.8 Å². The van der Waals surface area contributed by atoms with Crippen LogP contribution in [0.4, 0.5) is 4.79 Å². The van der Waals surface area contributed by atoms with Crippen LogP contribution in [-0.4, -0.2) is 43.0 Å². The van der Waals surface area contributed by atoms with Crippen LogP contribution in [0.3, 0.4) is 0 Å². The predicted octanol–water partition coefficient (Wildman–Crippen LogP) is 2.04. The van der Waals surface area contributed by atoms with E-state index in [2.05, 4.69) is 17.6 Å². The fourth-order valence-electron chi connectivity index (χ4n) is 3.32. The summed E-state index contributed by atoms with van der Waals surface area (Å²) in [5.74, 6) is 1.50. The minimum absolute atomic E-state index is 0.160. The Balaban J connectivity index is 1.59. The van der Waals surface area contributed by atoms with Crippen molar-refractivity contribution in [2.75, 3.05) is 26.3 Å². The third-order valence-electron chi connectivity index (χ3n) is 5.10. The van der Waals surface area contributed by atoms with E-state index < -0.39 is 5.60 Å². The summed E-state index contributed by atoms with van der Waals surface area (Å²) < 4.78 is 5.23. The highest BCUT2D eigenvalue weighted by atomic mass is 16.5. The number of urea groups is 1. The van der Waals surface area contributed by atoms with Gasteiger partial charge >= 0.3 is 6.03 Å². The highest BCUT2D eigenvalue weighted by Crippen LogP contribution is 2.30. The lowest BCUT2D eigenvalue weighted by Gasteiger charge is -2.32. The number of hydrogen-bond acceptors (Lipinski definition) is 3. The molecule has 0 aromatic heterocycles. The standard InChI is InChI=1S/C16H30N2O3/c1-2-13-3-5-14(6-4-13)11-17-15(19)18-12-16(20)7-9-21-10-8-16/h13-14,20H,2-12H2,1H3,(H2,17,18,19). The van der Waals surface area contributed by atoms with Gasteiger partial charge in [0, 0.05) is 39.1 Å². The molecule has 1 aliphatic carbocycles. The van der Waals surface area contributed by atoms with E-state index in [1.54, 1.807) is 0 Å². The van der Waals surface area contributed by atoms with Crippen LogP contribution in [-0.2, 0) is 4.74 Å². The average Bonchev–Trinajstić information content (AvgIpc) is 2.52. The number of carbonyl (C=O) groups excluding carboxylic acids is 1. The van der Waals surface area contributed by atoms with Crippen LogP contribution in [0.15, 0.2) is 0 Å². The molecule has 0 atom stereocenters. The molecule has 1 saturated carbocycles. The second kappa shape index (κ2) is 7.99. The predicted molar refractivity (Wildman–Crippen MR) is 82.1 cm³/mol. The van der Waals surface area contributed by atoms with Gasteiger partial charge in [-0.3, -0.25) is 0 Å². The van der Waals surface area contributed by atoms with Crippen molar-refractivity contribution in [3.8, 4) is 0 Å². The number of hydrogen-bond donors (Lipinski definition) is 3. The lowest BCUT2D eigenvalue weighted by atomic mass is 9.81. The van der Waals surface area contributed by atoms with Gasteiger partial charge in [-0.15, -0.1) is 0 Å². The second-order valence-electron chi connectivity index (χ2n) is 6.70. The summed E-state index contributed by atoms with van der Waals surface area (Å²) >= 11 is 0. The molecule has 0 spiro atoms. The van der Waals surface area contributed by atoms with Crippen molar-refractivity contribution in [2.24, 2.45) is 11.8 Å². The molecule has 1 saturated heterocycles. The molecule has 1 heterocycles. The van der Waals surface area contributed by atoms with E-state index in [1.165, 1.54) is 32.1 Å². The molecule has 2 aliphatic rings. The van der Waals surface area contributed by atoms with Gasteiger partial charge in [-0.1, -0.05) is 26.2 Å². The van der Waals surface area contributed by atoms with Crippen molar-refractivity contribution < 1.29 is 14.6 Å². The van der Waals surface area contributed by atoms with Crippen molar-refractivity contribution in [1.29, 1.82) is 0 Å². The molecule has 2 fully saturated rings. The van der Waals surface area contributed by atoms with Gasteiger partial charge in [0.25, 0.3) is 0 Å². The number of amides is 2. The summed E-state index contributed by atoms with van der Waals surface area (Å²) in [5.41, 5.74) is -0.797. The molecule has 0 bridgehead atoms. The number of ether oxygens (including phenoxy) is 1. The van der Waals surface area contributed by atoms with Crippen LogP contribution in [0.25, 0.3) is 0 Å². The highest BCUT2D eigenvalue weighted by Gasteiger charge is 2.30. The zero-order chi connectivity index (χ0) is 15.1. The normalized spacial score (nSPS) is 28.9. The van der Waals surface area contributed by atoms with Gasteiger partial charge in [0.05, 0.1) is 5.60 Å². The molecule has 0 aromatic rings. The fourth-order valence-corrected chi connectivity index (χ4v) is 3.32. The monoisotopic (exact) mass is 298 g/mol. The maximum absolute atomic E-state index is 11.8. The Morgan fingerprint density at radius 2 is 1.76 bits per heavy atom. The molecule has 0 aromatic carbocycles. The first-order valence-corrected chi connectivity index (χ1v) is 8.43. The van der Waals surface area contributed by atoms with E-state index in [4.69, 9.17) is 4.74 Å². The maximum Gasteiger partial charge on any atom is 0.314 e. The summed E-state index contributed by atoms with van der Waals surface area (Å²) in [4.78, 5) is 11.8. The van der Waals surface area contributed by atoms with E-state index in [1.807, 2.05) is 0 Å². The summed E-state index contributed by atoms with van der Waals surface area (Å²) in [6.45, 7) is 4.47. The Morgan fingerprint density at radius 3 is 2.38 bits per heavy atom. The zero-order valence-electron chi connectivity index (χ0n) is 13.2. The van der Waals surface area contributed by atoms with Gasteiger partial charge in [0.2, 0.25) is 0 Å². The quantitative estimate of drug-likeness (QED) is 0.727. The van der Waals surface area contributed by atoms with Gasteiger partial charge in [0.1, 0.15) is 0 Å². The Morgan fingerprint density at radius 1 is 1.14 bits per heavy atom. The Labute approximate surface area is 127 Å². The van der Waals surface area contributed by atoms with Crippen LogP contribution >= 0.6 is 0 Å². The molecular weight excluding hydrogens is 268 g/mol. The smallest absolute Gasteiger partial charge is 0.314 e. The lowest BCUT2D eigenvalue weighted by molar-refractivity contribution is -0.0600. The van der Waals surface area contributed by atoms with Crippen molar-refractivity contribution in [1.82, 2.24) is 10.6 Å². The van der Waals surface area contributed by atoms with Crippen LogP contribution in [0.5, 0.6) is 0 Å². The SMILES string of the molecule is CCC1CCC(CNC(=O)NCC2(O)CCOCC2)CC1. The summed E-state index contributed by atoms with van der Waals surface area (Å²) in [7, 11) is 0. The van der Waals surface area contributed by atoms with Crippen molar-refractivity contribution in [3.63, 3.8) is 0 Å². The van der Waals surface area contributed by atoms with Crippen molar-refractivity contribution in [2.45, 2.75) is 57.5 Å². The topological polar surface area (TPSA) is 70.6 Å². The van der Waals surface area contributed by atoms with E-state index in [0.29, 0.717) is 38.5 Å². The molecular formula is C16H30N2O3. The van der Waals surface area contributed by atoms with E-state index in [0.717, 1.165) is 12.5 Å². The first kappa shape index (κ1) is 16.6. The fraction of sp³-hybridized carbons (Fsp3) is 0.938. The molecule has 21 heavy (non-hydrogen) atoms. The third kappa shape index (κ3) is 5.47. The summed E-state index contributed by atoms with van der Waals surface area (Å²) in [6.07, 6.45) is 7.50. The van der Waals surface area contributed by atoms with Crippen LogP contribution in [0.1, 0.15) is 51.9 Å². The van der Waals surface area contributed by atoms with Gasteiger partial charge in [0.15, 0.2) is 0 Å². The molecule has 1 aliphatic heterocycles. The molecule has 5 nitrogen and oxygen atoms in total. The van der Waals surface area contributed by atoms with Crippen molar-refractivity contribution in [3.05, 3.63) is 0 Å². The number of rotatable bonds is 5. The Bertz CT molecular complexity index is 321. The first-order chi connectivity index (χ1) is 10.1. The number of nitrogens with one attached hydrogen (secondary N) is 2. The average molecular weight is 298 g/mol. The van der Waals surface area contributed by atoms with Crippen LogP contribution < -0.4 is 10.6 Å². The molecule has 0 radical (unpaired) electrons. The molecule has 5 heteroatoms. The highest BCUT2D eigenvalue weighted by molar-refractivity contribution is 5.73. The molecule has 122 valence electrons. The minimum Gasteiger partial charge on any atom is -0.388 e. The molecule has 3 N–H and O–H groups in total. The Kier molecular flexibility index (Phi) is 6.30. The summed E-state index contributed by atoms with van der Waals surface area (Å²) in [6, 6.07) is -0.160. The Hall–Kier alpha value is -0.810. The van der Waals surface area contributed by atoms with Crippen molar-refractivity contribution >= 4 is 6.03 Å². The molecule has 0 unspecified atom stereocenters. The second-order valence-corrected chi connectivity index (χ2v) is 6.70. The van der Waals surface area contributed by atoms with Gasteiger partial charge < -0.3 is 20.5 Å². The first-order valence-electron chi connectivity index (χ1n) is 8.43. The van der Waals surface area contributed by atoms with Gasteiger partial charge in [-0.05, 0) is 24.7 Å². The van der Waals surface area contributed by atoms with E-state index in [9.17, 15) is 9.90 Å². The van der Waals surface area contributed by atoms with Gasteiger partial charge in [-0.2, -0.15) is 0 Å². The van der Waals surface area contributed by atoms with E-state index in [-0.39, 0.29) is 6.03 Å². The maximum atomic E-state index is 11.8. The minimum atomic E-state index is -0.797. The largest absolute Gasteiger partial charge is 0.388 e. The number of carbonyl (C=O) groups is 1. The molecule has 2 amide bonds.